The highest BCUT2D eigenvalue weighted by atomic mass is 35.5. The molecule has 0 spiro atoms. The Bertz CT molecular complexity index is 396. The molecule has 1 aromatic rings. The average Bonchev–Trinajstić information content (AvgIpc) is 2.29. The largest absolute Gasteiger partial charge is 0.493 e. The molecule has 0 heterocycles. The van der Waals surface area contributed by atoms with Gasteiger partial charge >= 0.3 is 5.97 Å². The highest BCUT2D eigenvalue weighted by Crippen LogP contribution is 2.30. The molecule has 5 heteroatoms. The Balaban J connectivity index is 0.00000289. The Labute approximate surface area is 114 Å². The molecule has 1 atom stereocenters. The number of benzene rings is 1. The molecule has 1 rings (SSSR count). The minimum atomic E-state index is -0.367. The van der Waals surface area contributed by atoms with Gasteiger partial charge in [-0.05, 0) is 24.1 Å². The fraction of sp³-hybridized carbons (Fsp3) is 0.462. The number of rotatable bonds is 5. The van der Waals surface area contributed by atoms with Gasteiger partial charge in [0.05, 0.1) is 7.11 Å². The number of nitrogens with two attached hydrogens (primary N) is 1. The maximum absolute atomic E-state index is 10.9. The van der Waals surface area contributed by atoms with Gasteiger partial charge in [-0.3, -0.25) is 4.79 Å². The molecule has 1 aromatic carbocycles. The first-order chi connectivity index (χ1) is 8.08. The van der Waals surface area contributed by atoms with E-state index in [2.05, 4.69) is 6.92 Å². The van der Waals surface area contributed by atoms with E-state index in [1.54, 1.807) is 6.07 Å². The standard InChI is InChI=1S/C13H19NO3.ClH/c1-4-5-11(14)10-6-7-12(17-9(2)15)13(8-10)16-3;/h6-8,11H,4-5,14H2,1-3H3;1H/t11-;/m1./s1. The van der Waals surface area contributed by atoms with Crippen LogP contribution in [0.4, 0.5) is 0 Å². The van der Waals surface area contributed by atoms with Crippen LogP contribution in [0.1, 0.15) is 38.3 Å². The van der Waals surface area contributed by atoms with E-state index in [0.29, 0.717) is 11.5 Å². The summed E-state index contributed by atoms with van der Waals surface area (Å²) < 4.78 is 10.2. The molecule has 0 radical (unpaired) electrons. The summed E-state index contributed by atoms with van der Waals surface area (Å²) in [7, 11) is 1.54. The Morgan fingerprint density at radius 3 is 2.56 bits per heavy atom. The van der Waals surface area contributed by atoms with Crippen LogP contribution in [0.3, 0.4) is 0 Å². The first kappa shape index (κ1) is 16.7. The van der Waals surface area contributed by atoms with Gasteiger partial charge in [-0.15, -0.1) is 12.4 Å². The number of carbonyl (C=O) groups is 1. The Morgan fingerprint density at radius 2 is 2.06 bits per heavy atom. The SMILES string of the molecule is CCC[C@@H](N)c1ccc(OC(C)=O)c(OC)c1.Cl. The first-order valence-corrected chi connectivity index (χ1v) is 5.70. The third-order valence-corrected chi connectivity index (χ3v) is 2.47. The summed E-state index contributed by atoms with van der Waals surface area (Å²) in [5.74, 6) is 0.589. The molecular weight excluding hydrogens is 254 g/mol. The minimum Gasteiger partial charge on any atom is -0.493 e. The first-order valence-electron chi connectivity index (χ1n) is 5.70. The summed E-state index contributed by atoms with van der Waals surface area (Å²) in [4.78, 5) is 10.9. The number of ether oxygens (including phenoxy) is 2. The topological polar surface area (TPSA) is 61.5 Å². The summed E-state index contributed by atoms with van der Waals surface area (Å²) >= 11 is 0. The predicted molar refractivity (Wildman–Crippen MR) is 73.4 cm³/mol. The van der Waals surface area contributed by atoms with Gasteiger partial charge in [-0.25, -0.2) is 0 Å². The molecular formula is C13H20ClNO3. The molecule has 0 bridgehead atoms. The maximum Gasteiger partial charge on any atom is 0.308 e. The van der Waals surface area contributed by atoms with E-state index >= 15 is 0 Å². The van der Waals surface area contributed by atoms with Gasteiger partial charge in [0, 0.05) is 13.0 Å². The minimum absolute atomic E-state index is 0. The second-order valence-corrected chi connectivity index (χ2v) is 3.90. The van der Waals surface area contributed by atoms with Gasteiger partial charge < -0.3 is 15.2 Å². The van der Waals surface area contributed by atoms with Crippen molar-refractivity contribution in [1.29, 1.82) is 0 Å². The van der Waals surface area contributed by atoms with Crippen LogP contribution in [0.25, 0.3) is 0 Å². The van der Waals surface area contributed by atoms with Crippen LogP contribution in [0.2, 0.25) is 0 Å². The van der Waals surface area contributed by atoms with E-state index in [1.165, 1.54) is 14.0 Å². The molecule has 0 saturated carbocycles. The van der Waals surface area contributed by atoms with Crippen molar-refractivity contribution in [1.82, 2.24) is 0 Å². The third-order valence-electron chi connectivity index (χ3n) is 2.47. The van der Waals surface area contributed by atoms with Crippen molar-refractivity contribution in [3.63, 3.8) is 0 Å². The lowest BCUT2D eigenvalue weighted by molar-refractivity contribution is -0.132. The lowest BCUT2D eigenvalue weighted by Gasteiger charge is -2.14. The number of hydrogen-bond donors (Lipinski definition) is 1. The molecule has 18 heavy (non-hydrogen) atoms. The van der Waals surface area contributed by atoms with Crippen LogP contribution in [0.15, 0.2) is 18.2 Å². The quantitative estimate of drug-likeness (QED) is 0.662. The molecule has 0 aromatic heterocycles. The highest BCUT2D eigenvalue weighted by molar-refractivity contribution is 5.85. The van der Waals surface area contributed by atoms with Gasteiger partial charge in [0.25, 0.3) is 0 Å². The van der Waals surface area contributed by atoms with Gasteiger partial charge in [-0.1, -0.05) is 19.4 Å². The van der Waals surface area contributed by atoms with E-state index in [9.17, 15) is 4.79 Å². The zero-order valence-corrected chi connectivity index (χ0v) is 11.8. The fourth-order valence-electron chi connectivity index (χ4n) is 1.63. The van der Waals surface area contributed by atoms with Crippen LogP contribution in [0, 0.1) is 0 Å². The monoisotopic (exact) mass is 273 g/mol. The molecule has 0 aliphatic heterocycles. The lowest BCUT2D eigenvalue weighted by Crippen LogP contribution is -2.10. The molecule has 0 aliphatic rings. The van der Waals surface area contributed by atoms with Crippen molar-refractivity contribution < 1.29 is 14.3 Å². The fourth-order valence-corrected chi connectivity index (χ4v) is 1.63. The zero-order valence-electron chi connectivity index (χ0n) is 10.9. The van der Waals surface area contributed by atoms with Gasteiger partial charge in [-0.2, -0.15) is 0 Å². The highest BCUT2D eigenvalue weighted by Gasteiger charge is 2.11. The summed E-state index contributed by atoms with van der Waals surface area (Å²) in [6.45, 7) is 3.44. The van der Waals surface area contributed by atoms with Crippen LogP contribution < -0.4 is 15.2 Å². The van der Waals surface area contributed by atoms with Crippen molar-refractivity contribution in [3.8, 4) is 11.5 Å². The van der Waals surface area contributed by atoms with Crippen LogP contribution in [0.5, 0.6) is 11.5 Å². The summed E-state index contributed by atoms with van der Waals surface area (Å²) in [5, 5.41) is 0. The van der Waals surface area contributed by atoms with Crippen molar-refractivity contribution in [2.45, 2.75) is 32.7 Å². The number of esters is 1. The van der Waals surface area contributed by atoms with Gasteiger partial charge in [0.1, 0.15) is 0 Å². The molecule has 0 amide bonds. The maximum atomic E-state index is 10.9. The summed E-state index contributed by atoms with van der Waals surface area (Å²) in [6.07, 6.45) is 1.94. The summed E-state index contributed by atoms with van der Waals surface area (Å²) in [6, 6.07) is 5.38. The van der Waals surface area contributed by atoms with Crippen molar-refractivity contribution in [2.75, 3.05) is 7.11 Å². The van der Waals surface area contributed by atoms with E-state index in [-0.39, 0.29) is 24.4 Å². The Hall–Kier alpha value is -1.26. The smallest absolute Gasteiger partial charge is 0.308 e. The summed E-state index contributed by atoms with van der Waals surface area (Å²) in [5.41, 5.74) is 7.00. The second kappa shape index (κ2) is 7.95. The predicted octanol–water partition coefficient (Wildman–Crippen LogP) is 2.84. The Kier molecular flexibility index (Phi) is 7.39. The number of methoxy groups -OCH3 is 1. The third kappa shape index (κ3) is 4.55. The molecule has 2 N–H and O–H groups in total. The molecule has 0 saturated heterocycles. The van der Waals surface area contributed by atoms with Crippen LogP contribution in [-0.2, 0) is 4.79 Å². The van der Waals surface area contributed by atoms with Crippen molar-refractivity contribution in [2.24, 2.45) is 5.73 Å². The van der Waals surface area contributed by atoms with E-state index in [0.717, 1.165) is 18.4 Å². The Morgan fingerprint density at radius 1 is 1.39 bits per heavy atom. The molecule has 0 fully saturated rings. The normalized spacial score (nSPS) is 11.3. The molecule has 102 valence electrons. The number of carbonyl (C=O) groups excluding carboxylic acids is 1. The lowest BCUT2D eigenvalue weighted by atomic mass is 10.0. The zero-order chi connectivity index (χ0) is 12.8. The molecule has 0 unspecified atom stereocenters. The second-order valence-electron chi connectivity index (χ2n) is 3.90. The molecule has 0 aliphatic carbocycles. The van der Waals surface area contributed by atoms with Crippen LogP contribution >= 0.6 is 12.4 Å². The van der Waals surface area contributed by atoms with E-state index in [1.807, 2.05) is 12.1 Å². The van der Waals surface area contributed by atoms with Crippen molar-refractivity contribution >= 4 is 18.4 Å². The average molecular weight is 274 g/mol. The van der Waals surface area contributed by atoms with Crippen molar-refractivity contribution in [3.05, 3.63) is 23.8 Å². The van der Waals surface area contributed by atoms with Gasteiger partial charge in [0.15, 0.2) is 11.5 Å². The van der Waals surface area contributed by atoms with E-state index in [4.69, 9.17) is 15.2 Å². The van der Waals surface area contributed by atoms with Gasteiger partial charge in [0.2, 0.25) is 0 Å². The van der Waals surface area contributed by atoms with Crippen LogP contribution in [-0.4, -0.2) is 13.1 Å². The van der Waals surface area contributed by atoms with E-state index < -0.39 is 0 Å². The number of hydrogen-bond acceptors (Lipinski definition) is 4. The number of halogens is 1. The molecule has 4 nitrogen and oxygen atoms in total.